The molecule has 0 radical (unpaired) electrons. The first-order valence-electron chi connectivity index (χ1n) is 10.0. The van der Waals surface area contributed by atoms with Gasteiger partial charge in [-0.1, -0.05) is 24.3 Å². The van der Waals surface area contributed by atoms with Gasteiger partial charge in [-0.15, -0.1) is 0 Å². The van der Waals surface area contributed by atoms with Crippen LogP contribution in [-0.4, -0.2) is 55.6 Å². The number of likely N-dealkylation sites (tertiary alicyclic amines) is 1. The van der Waals surface area contributed by atoms with Gasteiger partial charge in [-0.05, 0) is 48.6 Å². The predicted octanol–water partition coefficient (Wildman–Crippen LogP) is 3.37. The highest BCUT2D eigenvalue weighted by molar-refractivity contribution is 5.96. The number of ether oxygens (including phenoxy) is 2. The number of hydrogen-bond acceptors (Lipinski definition) is 4. The van der Waals surface area contributed by atoms with E-state index >= 15 is 0 Å². The molecule has 2 aromatic carbocycles. The maximum atomic E-state index is 12.9. The Kier molecular flexibility index (Phi) is 5.53. The summed E-state index contributed by atoms with van der Waals surface area (Å²) < 4.78 is 10.7. The van der Waals surface area contributed by atoms with Crippen LogP contribution in [0.1, 0.15) is 34.3 Å². The lowest BCUT2D eigenvalue weighted by Gasteiger charge is -2.40. The van der Waals surface area contributed by atoms with Gasteiger partial charge in [0.2, 0.25) is 0 Å². The highest BCUT2D eigenvalue weighted by Gasteiger charge is 2.31. The van der Waals surface area contributed by atoms with E-state index in [2.05, 4.69) is 28.0 Å². The zero-order valence-electron chi connectivity index (χ0n) is 16.7. The fraction of sp³-hybridized carbons (Fsp3) is 0.435. The van der Waals surface area contributed by atoms with Gasteiger partial charge in [0.25, 0.3) is 5.91 Å². The molecule has 5 heteroatoms. The molecule has 0 unspecified atom stereocenters. The smallest absolute Gasteiger partial charge is 0.254 e. The molecule has 2 aliphatic heterocycles. The molecule has 0 spiro atoms. The quantitative estimate of drug-likeness (QED) is 0.798. The number of carbonyl (C=O) groups excluding carboxylic acids is 1. The van der Waals surface area contributed by atoms with E-state index in [1.54, 1.807) is 14.2 Å². The van der Waals surface area contributed by atoms with E-state index in [4.69, 9.17) is 9.47 Å². The molecule has 2 aromatic rings. The summed E-state index contributed by atoms with van der Waals surface area (Å²) >= 11 is 0. The number of nitrogens with zero attached hydrogens (tertiary/aromatic N) is 2. The van der Waals surface area contributed by atoms with Crippen LogP contribution >= 0.6 is 0 Å². The van der Waals surface area contributed by atoms with Crippen LogP contribution in [-0.2, 0) is 13.0 Å². The first-order valence-corrected chi connectivity index (χ1v) is 10.0. The highest BCUT2D eigenvalue weighted by atomic mass is 16.5. The third-order valence-corrected chi connectivity index (χ3v) is 5.98. The highest BCUT2D eigenvalue weighted by Crippen LogP contribution is 2.29. The Balaban J connectivity index is 1.36. The number of hydrogen-bond donors (Lipinski definition) is 0. The van der Waals surface area contributed by atoms with Gasteiger partial charge in [-0.25, -0.2) is 0 Å². The molecule has 0 N–H and O–H groups in total. The van der Waals surface area contributed by atoms with Crippen LogP contribution in [0.2, 0.25) is 0 Å². The molecular formula is C23H28N2O3. The van der Waals surface area contributed by atoms with E-state index in [0.29, 0.717) is 6.04 Å². The zero-order chi connectivity index (χ0) is 19.5. The Hall–Kier alpha value is -2.53. The second kappa shape index (κ2) is 8.23. The number of carbonyl (C=O) groups is 1. The second-order valence-electron chi connectivity index (χ2n) is 7.60. The molecule has 1 amide bonds. The van der Waals surface area contributed by atoms with Crippen molar-refractivity contribution in [1.82, 2.24) is 9.80 Å². The molecule has 0 bridgehead atoms. The van der Waals surface area contributed by atoms with Gasteiger partial charge in [0, 0.05) is 37.8 Å². The standard InChI is InChI=1S/C23H28N2O3/c1-27-21-8-7-17(15-22(21)28-2)16-24-12-10-19(11-13-24)25-14-9-18-5-3-4-6-20(18)23(25)26/h3-8,15,19H,9-14,16H2,1-2H3. The molecule has 0 aromatic heterocycles. The summed E-state index contributed by atoms with van der Waals surface area (Å²) in [6.07, 6.45) is 3.02. The second-order valence-corrected chi connectivity index (χ2v) is 7.60. The molecule has 1 saturated heterocycles. The van der Waals surface area contributed by atoms with E-state index in [9.17, 15) is 4.79 Å². The lowest BCUT2D eigenvalue weighted by Crippen LogP contribution is -2.49. The van der Waals surface area contributed by atoms with Crippen molar-refractivity contribution in [3.8, 4) is 11.5 Å². The van der Waals surface area contributed by atoms with Gasteiger partial charge in [-0.3, -0.25) is 9.69 Å². The number of rotatable bonds is 5. The van der Waals surface area contributed by atoms with E-state index in [1.165, 1.54) is 11.1 Å². The van der Waals surface area contributed by atoms with Gasteiger partial charge in [-0.2, -0.15) is 0 Å². The predicted molar refractivity (Wildman–Crippen MR) is 109 cm³/mol. The number of benzene rings is 2. The first-order chi connectivity index (χ1) is 13.7. The molecule has 28 heavy (non-hydrogen) atoms. The first kappa shape index (κ1) is 18.8. The van der Waals surface area contributed by atoms with Crippen molar-refractivity contribution in [3.05, 3.63) is 59.2 Å². The van der Waals surface area contributed by atoms with Crippen LogP contribution in [0.15, 0.2) is 42.5 Å². The molecule has 0 atom stereocenters. The summed E-state index contributed by atoms with van der Waals surface area (Å²) in [5, 5.41) is 0. The third-order valence-electron chi connectivity index (χ3n) is 5.98. The average molecular weight is 380 g/mol. The van der Waals surface area contributed by atoms with E-state index in [1.807, 2.05) is 24.3 Å². The van der Waals surface area contributed by atoms with Gasteiger partial charge in [0.15, 0.2) is 11.5 Å². The Morgan fingerprint density at radius 1 is 0.964 bits per heavy atom. The van der Waals surface area contributed by atoms with Crippen molar-refractivity contribution in [2.24, 2.45) is 0 Å². The monoisotopic (exact) mass is 380 g/mol. The summed E-state index contributed by atoms with van der Waals surface area (Å²) in [7, 11) is 3.32. The summed E-state index contributed by atoms with van der Waals surface area (Å²) in [4.78, 5) is 17.5. The minimum Gasteiger partial charge on any atom is -0.493 e. The Labute approximate surface area is 166 Å². The molecule has 0 aliphatic carbocycles. The topological polar surface area (TPSA) is 42.0 Å². The molecule has 5 nitrogen and oxygen atoms in total. The fourth-order valence-corrected chi connectivity index (χ4v) is 4.42. The Bertz CT molecular complexity index is 843. The maximum Gasteiger partial charge on any atom is 0.254 e. The number of amides is 1. The molecule has 4 rings (SSSR count). The van der Waals surface area contributed by atoms with Crippen molar-refractivity contribution in [1.29, 1.82) is 0 Å². The largest absolute Gasteiger partial charge is 0.493 e. The molecule has 0 saturated carbocycles. The van der Waals surface area contributed by atoms with Crippen LogP contribution in [0.3, 0.4) is 0 Å². The van der Waals surface area contributed by atoms with Crippen LogP contribution in [0.4, 0.5) is 0 Å². The zero-order valence-corrected chi connectivity index (χ0v) is 16.7. The van der Waals surface area contributed by atoms with Crippen LogP contribution < -0.4 is 9.47 Å². The number of fused-ring (bicyclic) bond motifs is 1. The summed E-state index contributed by atoms with van der Waals surface area (Å²) in [5.74, 6) is 1.74. The van der Waals surface area contributed by atoms with E-state index in [0.717, 1.165) is 62.5 Å². The minimum absolute atomic E-state index is 0.209. The lowest BCUT2D eigenvalue weighted by atomic mass is 9.94. The molecule has 148 valence electrons. The number of piperidine rings is 1. The van der Waals surface area contributed by atoms with Crippen LogP contribution in [0, 0.1) is 0 Å². The fourth-order valence-electron chi connectivity index (χ4n) is 4.42. The molecule has 2 aliphatic rings. The minimum atomic E-state index is 0.209. The van der Waals surface area contributed by atoms with Crippen LogP contribution in [0.25, 0.3) is 0 Å². The average Bonchev–Trinajstić information content (AvgIpc) is 2.75. The maximum absolute atomic E-state index is 12.9. The molecule has 1 fully saturated rings. The SMILES string of the molecule is COc1ccc(CN2CCC(N3CCc4ccccc4C3=O)CC2)cc1OC. The van der Waals surface area contributed by atoms with Gasteiger partial charge in [0.1, 0.15) is 0 Å². The Morgan fingerprint density at radius 2 is 1.71 bits per heavy atom. The van der Waals surface area contributed by atoms with Gasteiger partial charge < -0.3 is 14.4 Å². The lowest BCUT2D eigenvalue weighted by molar-refractivity contribution is 0.0546. The van der Waals surface area contributed by atoms with Crippen LogP contribution in [0.5, 0.6) is 11.5 Å². The molecule has 2 heterocycles. The third kappa shape index (κ3) is 3.72. The van der Waals surface area contributed by atoms with Crippen molar-refractivity contribution >= 4 is 5.91 Å². The van der Waals surface area contributed by atoms with Crippen molar-refractivity contribution in [3.63, 3.8) is 0 Å². The van der Waals surface area contributed by atoms with Gasteiger partial charge in [0.05, 0.1) is 14.2 Å². The van der Waals surface area contributed by atoms with Gasteiger partial charge >= 0.3 is 0 Å². The summed E-state index contributed by atoms with van der Waals surface area (Å²) in [6, 6.07) is 14.5. The van der Waals surface area contributed by atoms with E-state index in [-0.39, 0.29) is 5.91 Å². The Morgan fingerprint density at radius 3 is 2.46 bits per heavy atom. The van der Waals surface area contributed by atoms with E-state index < -0.39 is 0 Å². The number of methoxy groups -OCH3 is 2. The summed E-state index contributed by atoms with van der Waals surface area (Å²) in [5.41, 5.74) is 3.30. The van der Waals surface area contributed by atoms with Crippen molar-refractivity contribution in [2.45, 2.75) is 31.8 Å². The van der Waals surface area contributed by atoms with Crippen molar-refractivity contribution < 1.29 is 14.3 Å². The summed E-state index contributed by atoms with van der Waals surface area (Å²) in [6.45, 7) is 3.74. The van der Waals surface area contributed by atoms with Crippen molar-refractivity contribution in [2.75, 3.05) is 33.9 Å². The molecular weight excluding hydrogens is 352 g/mol. The normalized spacial score (nSPS) is 18.1.